The predicted octanol–water partition coefficient (Wildman–Crippen LogP) is 4.93. The van der Waals surface area contributed by atoms with Gasteiger partial charge >= 0.3 is 0 Å². The molecular weight excluding hydrogens is 379 g/mol. The number of anilines is 2. The molecule has 1 amide bonds. The highest BCUT2D eigenvalue weighted by atomic mass is 19.1. The second-order valence-corrected chi connectivity index (χ2v) is 7.58. The van der Waals surface area contributed by atoms with Crippen LogP contribution in [0.15, 0.2) is 73.1 Å². The maximum atomic E-state index is 14.7. The molecule has 5 nitrogen and oxygen atoms in total. The number of carbonyl (C=O) groups is 1. The molecule has 1 fully saturated rings. The Morgan fingerprint density at radius 1 is 1.10 bits per heavy atom. The van der Waals surface area contributed by atoms with E-state index >= 15 is 0 Å². The minimum absolute atomic E-state index is 0.152. The van der Waals surface area contributed by atoms with Crippen molar-refractivity contribution in [1.82, 2.24) is 15.3 Å². The van der Waals surface area contributed by atoms with Crippen LogP contribution in [0.25, 0.3) is 11.0 Å². The van der Waals surface area contributed by atoms with Gasteiger partial charge in [0.15, 0.2) is 0 Å². The molecule has 4 aromatic rings. The summed E-state index contributed by atoms with van der Waals surface area (Å²) in [7, 11) is 0. The first kappa shape index (κ1) is 18.4. The lowest BCUT2D eigenvalue weighted by Crippen LogP contribution is -2.26. The van der Waals surface area contributed by atoms with Crippen molar-refractivity contribution >= 4 is 28.3 Å². The Labute approximate surface area is 173 Å². The van der Waals surface area contributed by atoms with E-state index in [-0.39, 0.29) is 24.3 Å². The number of hydrogen-bond acceptors (Lipinski definition) is 3. The van der Waals surface area contributed by atoms with Gasteiger partial charge in [-0.1, -0.05) is 18.2 Å². The number of aromatic nitrogens is 2. The van der Waals surface area contributed by atoms with Crippen molar-refractivity contribution in [2.75, 3.05) is 4.90 Å². The molecule has 150 valence electrons. The Morgan fingerprint density at radius 2 is 1.93 bits per heavy atom. The molecule has 0 saturated heterocycles. The molecule has 0 spiro atoms. The quantitative estimate of drug-likeness (QED) is 0.482. The van der Waals surface area contributed by atoms with Gasteiger partial charge in [0.1, 0.15) is 11.5 Å². The molecule has 0 radical (unpaired) electrons. The van der Waals surface area contributed by atoms with E-state index in [9.17, 15) is 9.18 Å². The van der Waals surface area contributed by atoms with Crippen molar-refractivity contribution in [3.8, 4) is 0 Å². The highest BCUT2D eigenvalue weighted by Crippen LogP contribution is 2.30. The Bertz CT molecular complexity index is 1200. The molecule has 1 aliphatic carbocycles. The van der Waals surface area contributed by atoms with Crippen molar-refractivity contribution in [3.05, 3.63) is 90.0 Å². The van der Waals surface area contributed by atoms with Gasteiger partial charge in [0.05, 0.1) is 18.4 Å². The van der Waals surface area contributed by atoms with Gasteiger partial charge in [-0.3, -0.25) is 4.79 Å². The molecule has 0 bridgehead atoms. The fourth-order valence-corrected chi connectivity index (χ4v) is 3.52. The van der Waals surface area contributed by atoms with Crippen molar-refractivity contribution in [2.45, 2.75) is 25.4 Å². The summed E-state index contributed by atoms with van der Waals surface area (Å²) >= 11 is 0. The number of fused-ring (bicyclic) bond motifs is 1. The van der Waals surface area contributed by atoms with Gasteiger partial charge in [-0.25, -0.2) is 9.37 Å². The van der Waals surface area contributed by atoms with Gasteiger partial charge < -0.3 is 15.2 Å². The van der Waals surface area contributed by atoms with Crippen molar-refractivity contribution < 1.29 is 9.18 Å². The first-order valence-electron chi connectivity index (χ1n) is 10.0. The van der Waals surface area contributed by atoms with Gasteiger partial charge in [0.25, 0.3) is 5.91 Å². The standard InChI is InChI=1S/C24H21FN4O/c25-22-9-6-17(24(30)28-19-7-8-19)12-18(22)15-29(20-4-2-1-3-5-20)21-13-16-10-11-26-23(16)27-14-21/h1-6,9-14,19H,7-8,15H2,(H,26,27)(H,28,30). The summed E-state index contributed by atoms with van der Waals surface area (Å²) in [5.41, 5.74) is 3.50. The molecule has 0 unspecified atom stereocenters. The number of para-hydroxylation sites is 1. The zero-order chi connectivity index (χ0) is 20.5. The van der Waals surface area contributed by atoms with Crippen LogP contribution in [0.4, 0.5) is 15.8 Å². The van der Waals surface area contributed by atoms with Crippen LogP contribution >= 0.6 is 0 Å². The summed E-state index contributed by atoms with van der Waals surface area (Å²) in [5.74, 6) is -0.491. The molecule has 2 heterocycles. The van der Waals surface area contributed by atoms with Crippen LogP contribution in [0.3, 0.4) is 0 Å². The first-order chi connectivity index (χ1) is 14.7. The van der Waals surface area contributed by atoms with Crippen molar-refractivity contribution in [3.63, 3.8) is 0 Å². The molecule has 1 saturated carbocycles. The molecule has 5 rings (SSSR count). The highest BCUT2D eigenvalue weighted by molar-refractivity contribution is 5.94. The first-order valence-corrected chi connectivity index (χ1v) is 10.0. The second-order valence-electron chi connectivity index (χ2n) is 7.58. The number of carbonyl (C=O) groups excluding carboxylic acids is 1. The Kier molecular flexibility index (Phi) is 4.67. The number of H-pyrrole nitrogens is 1. The number of halogens is 1. The Hall–Kier alpha value is -3.67. The zero-order valence-electron chi connectivity index (χ0n) is 16.3. The van der Waals surface area contributed by atoms with E-state index in [0.29, 0.717) is 11.1 Å². The van der Waals surface area contributed by atoms with E-state index in [1.54, 1.807) is 12.3 Å². The third-order valence-corrected chi connectivity index (χ3v) is 5.31. The van der Waals surface area contributed by atoms with Crippen LogP contribution in [0.2, 0.25) is 0 Å². The lowest BCUT2D eigenvalue weighted by atomic mass is 10.1. The maximum absolute atomic E-state index is 14.7. The van der Waals surface area contributed by atoms with Crippen molar-refractivity contribution in [1.29, 1.82) is 0 Å². The van der Waals surface area contributed by atoms with E-state index in [0.717, 1.165) is 35.2 Å². The van der Waals surface area contributed by atoms with Gasteiger partial charge in [-0.05, 0) is 55.3 Å². The molecule has 1 aliphatic rings. The topological polar surface area (TPSA) is 61.0 Å². The van der Waals surface area contributed by atoms with Crippen LogP contribution in [-0.4, -0.2) is 21.9 Å². The monoisotopic (exact) mass is 400 g/mol. The lowest BCUT2D eigenvalue weighted by molar-refractivity contribution is 0.0951. The third-order valence-electron chi connectivity index (χ3n) is 5.31. The van der Waals surface area contributed by atoms with Crippen LogP contribution in [0.1, 0.15) is 28.8 Å². The van der Waals surface area contributed by atoms with E-state index in [1.165, 1.54) is 12.1 Å². The smallest absolute Gasteiger partial charge is 0.251 e. The summed E-state index contributed by atoms with van der Waals surface area (Å²) in [6, 6.07) is 18.6. The fraction of sp³-hybridized carbons (Fsp3) is 0.167. The van der Waals surface area contributed by atoms with Gasteiger partial charge in [0, 0.05) is 34.4 Å². The third kappa shape index (κ3) is 3.76. The minimum atomic E-state index is -0.338. The molecule has 2 aromatic heterocycles. The summed E-state index contributed by atoms with van der Waals surface area (Å²) in [5, 5.41) is 3.94. The van der Waals surface area contributed by atoms with Crippen LogP contribution in [-0.2, 0) is 6.54 Å². The number of aromatic amines is 1. The number of nitrogens with one attached hydrogen (secondary N) is 2. The second kappa shape index (κ2) is 7.63. The van der Waals surface area contributed by atoms with Crippen LogP contribution in [0, 0.1) is 5.82 Å². The predicted molar refractivity (Wildman–Crippen MR) is 115 cm³/mol. The largest absolute Gasteiger partial charge is 0.349 e. The van der Waals surface area contributed by atoms with E-state index < -0.39 is 0 Å². The summed E-state index contributed by atoms with van der Waals surface area (Å²) < 4.78 is 14.7. The van der Waals surface area contributed by atoms with Crippen LogP contribution < -0.4 is 10.2 Å². The average molecular weight is 400 g/mol. The number of pyridine rings is 1. The lowest BCUT2D eigenvalue weighted by Gasteiger charge is -2.25. The average Bonchev–Trinajstić information content (AvgIpc) is 3.46. The minimum Gasteiger partial charge on any atom is -0.349 e. The number of benzene rings is 2. The van der Waals surface area contributed by atoms with E-state index in [4.69, 9.17) is 0 Å². The molecule has 2 aromatic carbocycles. The number of hydrogen-bond donors (Lipinski definition) is 2. The number of nitrogens with zero attached hydrogens (tertiary/aromatic N) is 2. The molecule has 6 heteroatoms. The molecule has 2 N–H and O–H groups in total. The number of rotatable bonds is 6. The number of amides is 1. The zero-order valence-corrected chi connectivity index (χ0v) is 16.3. The molecule has 0 aliphatic heterocycles. The summed E-state index contributed by atoms with van der Waals surface area (Å²) in [4.78, 5) is 22.0. The van der Waals surface area contributed by atoms with Gasteiger partial charge in [-0.2, -0.15) is 0 Å². The Balaban J connectivity index is 1.51. The fourth-order valence-electron chi connectivity index (χ4n) is 3.52. The highest BCUT2D eigenvalue weighted by Gasteiger charge is 2.24. The SMILES string of the molecule is O=C(NC1CC1)c1ccc(F)c(CN(c2ccccc2)c2cnc3[nH]ccc3c2)c1. The van der Waals surface area contributed by atoms with Gasteiger partial charge in [0.2, 0.25) is 0 Å². The molecule has 30 heavy (non-hydrogen) atoms. The van der Waals surface area contributed by atoms with E-state index in [1.807, 2.05) is 53.6 Å². The maximum Gasteiger partial charge on any atom is 0.251 e. The molecular formula is C24H21FN4O. The van der Waals surface area contributed by atoms with E-state index in [2.05, 4.69) is 15.3 Å². The normalized spacial score (nSPS) is 13.4. The summed E-state index contributed by atoms with van der Waals surface area (Å²) in [6.45, 7) is 0.276. The molecule has 0 atom stereocenters. The van der Waals surface area contributed by atoms with Crippen molar-refractivity contribution in [2.24, 2.45) is 0 Å². The van der Waals surface area contributed by atoms with Crippen LogP contribution in [0.5, 0.6) is 0 Å². The van der Waals surface area contributed by atoms with Gasteiger partial charge in [-0.15, -0.1) is 0 Å². The Morgan fingerprint density at radius 3 is 2.73 bits per heavy atom. The summed E-state index contributed by atoms with van der Waals surface area (Å²) in [6.07, 6.45) is 5.63.